The van der Waals surface area contributed by atoms with Gasteiger partial charge >= 0.3 is 23.9 Å². The first-order valence-electron chi connectivity index (χ1n) is 14.6. The Kier molecular flexibility index (Phi) is 10.1. The largest absolute Gasteiger partial charge is 0.457 e. The van der Waals surface area contributed by atoms with E-state index in [9.17, 15) is 19.2 Å². The second-order valence-corrected chi connectivity index (χ2v) is 10.6. The molecule has 0 saturated heterocycles. The van der Waals surface area contributed by atoms with Crippen molar-refractivity contribution in [2.45, 2.75) is 13.8 Å². The Labute approximate surface area is 275 Å². The van der Waals surface area contributed by atoms with Gasteiger partial charge < -0.3 is 28.4 Å². The third-order valence-corrected chi connectivity index (χ3v) is 7.01. The molecule has 0 spiro atoms. The summed E-state index contributed by atoms with van der Waals surface area (Å²) >= 11 is 0. The summed E-state index contributed by atoms with van der Waals surface area (Å²) in [6.45, 7) is 9.64. The summed E-state index contributed by atoms with van der Waals surface area (Å²) in [5, 5.41) is 3.18. The van der Waals surface area contributed by atoms with Gasteiger partial charge in [0.05, 0.1) is 11.1 Å². The second-order valence-electron chi connectivity index (χ2n) is 10.6. The molecule has 0 atom stereocenters. The van der Waals surface area contributed by atoms with Gasteiger partial charge in [-0.25, -0.2) is 19.2 Å². The molecule has 0 N–H and O–H groups in total. The lowest BCUT2D eigenvalue weighted by molar-refractivity contribution is -0.145. The quantitative estimate of drug-likeness (QED) is 0.0592. The Morgan fingerprint density at radius 2 is 1.12 bits per heavy atom. The molecule has 0 bridgehead atoms. The van der Waals surface area contributed by atoms with Gasteiger partial charge in [-0.2, -0.15) is 0 Å². The fourth-order valence-electron chi connectivity index (χ4n) is 4.49. The van der Waals surface area contributed by atoms with E-state index >= 15 is 0 Å². The molecule has 0 aliphatic carbocycles. The molecule has 0 amide bonds. The lowest BCUT2D eigenvalue weighted by Gasteiger charge is -2.11. The molecule has 0 heterocycles. The standard InChI is InChI=1S/C38H30O10/c1-5-35(39)45-21-43-31-12-10-26-18-30(9-7-28(26)19-31)38(42)48-34-15-14-33(16-24(34)4)47-37(41)29-8-6-27-20-32(13-11-25(27)17-29)44-22-46-36(40)23(2)3/h5-20H,1-2,21-22H2,3-4H3. The van der Waals surface area contributed by atoms with Crippen molar-refractivity contribution in [3.05, 3.63) is 132 Å². The number of carbonyl (C=O) groups excluding carboxylic acids is 4. The third kappa shape index (κ3) is 8.24. The molecule has 0 unspecified atom stereocenters. The van der Waals surface area contributed by atoms with Crippen LogP contribution in [0.4, 0.5) is 0 Å². The molecule has 0 saturated carbocycles. The molecule has 242 valence electrons. The molecule has 0 aliphatic rings. The van der Waals surface area contributed by atoms with Crippen LogP contribution < -0.4 is 18.9 Å². The van der Waals surface area contributed by atoms with E-state index in [4.69, 9.17) is 28.4 Å². The number of hydrogen-bond donors (Lipinski definition) is 0. The molecular weight excluding hydrogens is 616 g/mol. The predicted molar refractivity (Wildman–Crippen MR) is 177 cm³/mol. The van der Waals surface area contributed by atoms with Gasteiger partial charge in [0, 0.05) is 11.6 Å². The maximum atomic E-state index is 13.0. The minimum absolute atomic E-state index is 0.250. The number of esters is 4. The zero-order valence-electron chi connectivity index (χ0n) is 26.1. The summed E-state index contributed by atoms with van der Waals surface area (Å²) in [4.78, 5) is 48.6. The van der Waals surface area contributed by atoms with E-state index in [2.05, 4.69) is 13.2 Å². The SMILES string of the molecule is C=CC(=O)OCOc1ccc2cc(C(=O)Oc3ccc(OC(=O)c4ccc5cc(OCOC(=O)C(=C)C)ccc5c4)cc3C)ccc2c1. The maximum Gasteiger partial charge on any atom is 0.343 e. The van der Waals surface area contributed by atoms with Crippen molar-refractivity contribution in [1.82, 2.24) is 0 Å². The van der Waals surface area contributed by atoms with Crippen LogP contribution in [0.25, 0.3) is 21.5 Å². The van der Waals surface area contributed by atoms with Crippen molar-refractivity contribution in [2.24, 2.45) is 0 Å². The summed E-state index contributed by atoms with van der Waals surface area (Å²) in [6, 6.07) is 25.4. The Balaban J connectivity index is 1.18. The van der Waals surface area contributed by atoms with Crippen molar-refractivity contribution in [3.63, 3.8) is 0 Å². The van der Waals surface area contributed by atoms with Crippen LogP contribution in [0.15, 0.2) is 116 Å². The monoisotopic (exact) mass is 646 g/mol. The highest BCUT2D eigenvalue weighted by Gasteiger charge is 2.15. The fourth-order valence-corrected chi connectivity index (χ4v) is 4.49. The molecule has 10 heteroatoms. The number of carbonyl (C=O) groups is 4. The Hall–Kier alpha value is -6.42. The smallest absolute Gasteiger partial charge is 0.343 e. The van der Waals surface area contributed by atoms with Gasteiger partial charge in [0.1, 0.15) is 23.0 Å². The summed E-state index contributed by atoms with van der Waals surface area (Å²) in [6.07, 6.45) is 1.05. The van der Waals surface area contributed by atoms with E-state index in [1.54, 1.807) is 105 Å². The molecule has 0 radical (unpaired) electrons. The Morgan fingerprint density at radius 1 is 0.625 bits per heavy atom. The van der Waals surface area contributed by atoms with Gasteiger partial charge in [-0.15, -0.1) is 0 Å². The van der Waals surface area contributed by atoms with Crippen LogP contribution in [-0.4, -0.2) is 37.5 Å². The van der Waals surface area contributed by atoms with E-state index in [-0.39, 0.29) is 24.9 Å². The molecule has 10 nitrogen and oxygen atoms in total. The number of fused-ring (bicyclic) bond motifs is 2. The number of ether oxygens (including phenoxy) is 6. The lowest BCUT2D eigenvalue weighted by Crippen LogP contribution is -2.11. The first-order chi connectivity index (χ1) is 23.1. The van der Waals surface area contributed by atoms with Gasteiger partial charge in [-0.3, -0.25) is 0 Å². The van der Waals surface area contributed by atoms with Crippen LogP contribution in [-0.2, 0) is 19.1 Å². The van der Waals surface area contributed by atoms with Gasteiger partial charge in [0.15, 0.2) is 0 Å². The molecule has 0 fully saturated rings. The number of hydrogen-bond acceptors (Lipinski definition) is 10. The molecule has 0 aromatic heterocycles. The van der Waals surface area contributed by atoms with Gasteiger partial charge in [0.25, 0.3) is 0 Å². The molecule has 5 aromatic rings. The average Bonchev–Trinajstić information content (AvgIpc) is 3.08. The normalized spacial score (nSPS) is 10.5. The van der Waals surface area contributed by atoms with Crippen molar-refractivity contribution >= 4 is 45.4 Å². The van der Waals surface area contributed by atoms with Crippen molar-refractivity contribution in [1.29, 1.82) is 0 Å². The van der Waals surface area contributed by atoms with E-state index in [0.717, 1.165) is 27.6 Å². The van der Waals surface area contributed by atoms with Crippen LogP contribution in [0.1, 0.15) is 33.2 Å². The topological polar surface area (TPSA) is 124 Å². The number of aryl methyl sites for hydroxylation is 1. The maximum absolute atomic E-state index is 13.0. The summed E-state index contributed by atoms with van der Waals surface area (Å²) in [5.41, 5.74) is 1.55. The highest BCUT2D eigenvalue weighted by atomic mass is 16.7. The Morgan fingerprint density at radius 3 is 1.67 bits per heavy atom. The van der Waals surface area contributed by atoms with Gasteiger partial charge in [-0.1, -0.05) is 37.4 Å². The van der Waals surface area contributed by atoms with E-state index < -0.39 is 23.9 Å². The highest BCUT2D eigenvalue weighted by molar-refractivity contribution is 5.98. The predicted octanol–water partition coefficient (Wildman–Crippen LogP) is 7.26. The van der Waals surface area contributed by atoms with Crippen molar-refractivity contribution in [3.8, 4) is 23.0 Å². The van der Waals surface area contributed by atoms with Crippen molar-refractivity contribution < 1.29 is 47.6 Å². The Bertz CT molecular complexity index is 2080. The zero-order chi connectivity index (χ0) is 34.2. The van der Waals surface area contributed by atoms with E-state index in [0.29, 0.717) is 33.9 Å². The highest BCUT2D eigenvalue weighted by Crippen LogP contribution is 2.28. The molecule has 5 rings (SSSR count). The first-order valence-corrected chi connectivity index (χ1v) is 14.6. The van der Waals surface area contributed by atoms with Crippen LogP contribution in [0.5, 0.6) is 23.0 Å². The van der Waals surface area contributed by atoms with E-state index in [1.165, 1.54) is 0 Å². The van der Waals surface area contributed by atoms with Crippen LogP contribution in [0.2, 0.25) is 0 Å². The summed E-state index contributed by atoms with van der Waals surface area (Å²) in [5.74, 6) is -0.652. The summed E-state index contributed by atoms with van der Waals surface area (Å²) in [7, 11) is 0. The van der Waals surface area contributed by atoms with Crippen molar-refractivity contribution in [2.75, 3.05) is 13.6 Å². The van der Waals surface area contributed by atoms with Crippen LogP contribution >= 0.6 is 0 Å². The van der Waals surface area contributed by atoms with Gasteiger partial charge in [0.2, 0.25) is 13.6 Å². The minimum atomic E-state index is -0.586. The lowest BCUT2D eigenvalue weighted by atomic mass is 10.1. The molecule has 5 aromatic carbocycles. The van der Waals surface area contributed by atoms with Gasteiger partial charge in [-0.05, 0) is 108 Å². The van der Waals surface area contributed by atoms with Crippen LogP contribution in [0.3, 0.4) is 0 Å². The fraction of sp³-hybridized carbons (Fsp3) is 0.105. The molecular formula is C38H30O10. The first kappa shape index (κ1) is 33.0. The second kappa shape index (κ2) is 14.8. The number of rotatable bonds is 12. The zero-order valence-corrected chi connectivity index (χ0v) is 26.1. The molecule has 0 aliphatic heterocycles. The minimum Gasteiger partial charge on any atom is -0.457 e. The number of benzene rings is 5. The summed E-state index contributed by atoms with van der Waals surface area (Å²) < 4.78 is 31.9. The molecule has 48 heavy (non-hydrogen) atoms. The average molecular weight is 647 g/mol. The third-order valence-electron chi connectivity index (χ3n) is 7.01. The van der Waals surface area contributed by atoms with E-state index in [1.807, 2.05) is 0 Å². The van der Waals surface area contributed by atoms with Crippen LogP contribution in [0, 0.1) is 6.92 Å².